The van der Waals surface area contributed by atoms with Gasteiger partial charge in [-0.1, -0.05) is 72.8 Å². The normalized spacial score (nSPS) is 13.3. The van der Waals surface area contributed by atoms with Crippen LogP contribution in [0.5, 0.6) is 0 Å². The fraction of sp³-hybridized carbons (Fsp3) is 0.0455. The Morgan fingerprint density at radius 1 is 0.783 bits per heavy atom. The van der Waals surface area contributed by atoms with Crippen molar-refractivity contribution >= 4 is 10.8 Å². The van der Waals surface area contributed by atoms with E-state index < -0.39 is 6.85 Å². The maximum Gasteiger partial charge on any atom is 0.0708 e. The first-order valence-corrected chi connectivity index (χ1v) is 7.58. The third kappa shape index (κ3) is 2.51. The summed E-state index contributed by atoms with van der Waals surface area (Å²) >= 11 is 0. The Hall–Kier alpha value is -2.93. The number of fused-ring (bicyclic) bond motifs is 1. The summed E-state index contributed by atoms with van der Waals surface area (Å²) in [6.45, 7) is -2.23. The van der Waals surface area contributed by atoms with Crippen LogP contribution < -0.4 is 0 Å². The van der Waals surface area contributed by atoms with Gasteiger partial charge in [0, 0.05) is 15.9 Å². The van der Waals surface area contributed by atoms with Crippen LogP contribution in [0.1, 0.15) is 9.68 Å². The largest absolute Gasteiger partial charge is 0.256 e. The van der Waals surface area contributed by atoms with Crippen molar-refractivity contribution in [3.8, 4) is 22.4 Å². The van der Waals surface area contributed by atoms with E-state index in [0.717, 1.165) is 27.6 Å². The second kappa shape index (κ2) is 5.69. The van der Waals surface area contributed by atoms with E-state index in [2.05, 4.69) is 4.98 Å². The molecule has 0 unspecified atom stereocenters. The number of pyridine rings is 1. The van der Waals surface area contributed by atoms with Gasteiger partial charge in [0.1, 0.15) is 0 Å². The van der Waals surface area contributed by atoms with Crippen LogP contribution in [0.4, 0.5) is 0 Å². The average Bonchev–Trinajstić information content (AvgIpc) is 2.67. The molecule has 4 aromatic rings. The van der Waals surface area contributed by atoms with Crippen LogP contribution in [0.25, 0.3) is 33.2 Å². The van der Waals surface area contributed by atoms with E-state index in [1.165, 1.54) is 6.20 Å². The molecule has 3 aromatic carbocycles. The standard InChI is InChI=1S/C22H17N/c1-16-15-23-22(18-9-3-2-4-10-18)14-21(16)20-13-7-11-17-8-5-6-12-19(17)20/h2-15H,1H3/i1D3. The lowest BCUT2D eigenvalue weighted by Gasteiger charge is -2.11. The molecule has 0 aliphatic heterocycles. The first-order valence-electron chi connectivity index (χ1n) is 9.08. The molecule has 0 saturated heterocycles. The van der Waals surface area contributed by atoms with E-state index >= 15 is 0 Å². The highest BCUT2D eigenvalue weighted by atomic mass is 14.7. The van der Waals surface area contributed by atoms with Gasteiger partial charge in [0.25, 0.3) is 0 Å². The second-order valence-corrected chi connectivity index (χ2v) is 5.51. The number of hydrogen-bond acceptors (Lipinski definition) is 1. The van der Waals surface area contributed by atoms with Gasteiger partial charge in [0.15, 0.2) is 0 Å². The number of aryl methyl sites for hydroxylation is 1. The number of benzene rings is 3. The van der Waals surface area contributed by atoms with E-state index in [1.807, 2.05) is 78.9 Å². The van der Waals surface area contributed by atoms with E-state index in [1.54, 1.807) is 0 Å². The minimum atomic E-state index is -2.23. The summed E-state index contributed by atoms with van der Waals surface area (Å²) in [5.74, 6) is 0. The van der Waals surface area contributed by atoms with Gasteiger partial charge in [-0.3, -0.25) is 4.98 Å². The Labute approximate surface area is 140 Å². The Bertz CT molecular complexity index is 1060. The minimum Gasteiger partial charge on any atom is -0.256 e. The molecule has 1 heterocycles. The summed E-state index contributed by atoms with van der Waals surface area (Å²) in [7, 11) is 0. The van der Waals surface area contributed by atoms with Crippen LogP contribution in [0.15, 0.2) is 85.1 Å². The zero-order chi connectivity index (χ0) is 18.1. The molecule has 0 bridgehead atoms. The second-order valence-electron chi connectivity index (χ2n) is 5.51. The lowest BCUT2D eigenvalue weighted by atomic mass is 9.95. The van der Waals surface area contributed by atoms with Crippen LogP contribution in [0.3, 0.4) is 0 Å². The minimum absolute atomic E-state index is 0.272. The Balaban J connectivity index is 2.01. The quantitative estimate of drug-likeness (QED) is 0.450. The van der Waals surface area contributed by atoms with Gasteiger partial charge in [-0.15, -0.1) is 0 Å². The highest BCUT2D eigenvalue weighted by Crippen LogP contribution is 2.32. The molecule has 110 valence electrons. The van der Waals surface area contributed by atoms with Crippen molar-refractivity contribution in [3.63, 3.8) is 0 Å². The topological polar surface area (TPSA) is 12.9 Å². The van der Waals surface area contributed by atoms with Gasteiger partial charge in [-0.2, -0.15) is 0 Å². The summed E-state index contributed by atoms with van der Waals surface area (Å²) in [5, 5.41) is 2.12. The molecule has 0 saturated carbocycles. The fourth-order valence-electron chi connectivity index (χ4n) is 2.91. The van der Waals surface area contributed by atoms with Gasteiger partial charge in [-0.05, 0) is 40.4 Å². The van der Waals surface area contributed by atoms with Gasteiger partial charge in [-0.25, -0.2) is 0 Å². The SMILES string of the molecule is [2H]C([2H])([2H])c1cnc(-c2ccccc2)cc1-c1cccc2ccccc12. The van der Waals surface area contributed by atoms with E-state index in [4.69, 9.17) is 4.11 Å². The Kier molecular flexibility index (Phi) is 2.66. The predicted molar refractivity (Wildman–Crippen MR) is 97.4 cm³/mol. The molecule has 4 rings (SSSR count). The summed E-state index contributed by atoms with van der Waals surface area (Å²) < 4.78 is 23.8. The Morgan fingerprint density at radius 3 is 2.43 bits per heavy atom. The maximum absolute atomic E-state index is 7.94. The number of nitrogens with zero attached hydrogens (tertiary/aromatic N) is 1. The highest BCUT2D eigenvalue weighted by Gasteiger charge is 2.09. The molecule has 0 aliphatic carbocycles. The molecular weight excluding hydrogens is 278 g/mol. The van der Waals surface area contributed by atoms with Gasteiger partial charge in [0.2, 0.25) is 0 Å². The average molecular weight is 298 g/mol. The van der Waals surface area contributed by atoms with Crippen molar-refractivity contribution in [2.75, 3.05) is 0 Å². The lowest BCUT2D eigenvalue weighted by molar-refractivity contribution is 1.27. The summed E-state index contributed by atoms with van der Waals surface area (Å²) in [4.78, 5) is 4.42. The zero-order valence-corrected chi connectivity index (χ0v) is 12.5. The van der Waals surface area contributed by atoms with E-state index in [-0.39, 0.29) is 5.56 Å². The molecule has 1 heteroatoms. The molecule has 0 atom stereocenters. The van der Waals surface area contributed by atoms with Crippen molar-refractivity contribution in [2.24, 2.45) is 0 Å². The van der Waals surface area contributed by atoms with E-state index in [0.29, 0.717) is 5.56 Å². The summed E-state index contributed by atoms with van der Waals surface area (Å²) in [5.41, 5.74) is 3.62. The Morgan fingerprint density at radius 2 is 1.57 bits per heavy atom. The van der Waals surface area contributed by atoms with Gasteiger partial charge >= 0.3 is 0 Å². The molecule has 0 N–H and O–H groups in total. The van der Waals surface area contributed by atoms with Crippen LogP contribution in [0.2, 0.25) is 0 Å². The number of aromatic nitrogens is 1. The third-order valence-corrected chi connectivity index (χ3v) is 4.05. The molecule has 0 radical (unpaired) electrons. The summed E-state index contributed by atoms with van der Waals surface area (Å²) in [6.07, 6.45) is 1.49. The van der Waals surface area contributed by atoms with Crippen molar-refractivity contribution in [3.05, 3.63) is 90.6 Å². The van der Waals surface area contributed by atoms with Crippen molar-refractivity contribution in [1.29, 1.82) is 0 Å². The van der Waals surface area contributed by atoms with E-state index in [9.17, 15) is 0 Å². The van der Waals surface area contributed by atoms with Crippen LogP contribution >= 0.6 is 0 Å². The maximum atomic E-state index is 7.94. The van der Waals surface area contributed by atoms with Crippen molar-refractivity contribution in [2.45, 2.75) is 6.85 Å². The molecule has 0 fully saturated rings. The molecule has 23 heavy (non-hydrogen) atoms. The molecule has 0 amide bonds. The smallest absolute Gasteiger partial charge is 0.0708 e. The highest BCUT2D eigenvalue weighted by molar-refractivity contribution is 5.97. The monoisotopic (exact) mass is 298 g/mol. The van der Waals surface area contributed by atoms with Crippen LogP contribution in [-0.4, -0.2) is 4.98 Å². The summed E-state index contributed by atoms with van der Waals surface area (Å²) in [6, 6.07) is 25.7. The molecule has 0 aliphatic rings. The fourth-order valence-corrected chi connectivity index (χ4v) is 2.91. The zero-order valence-electron chi connectivity index (χ0n) is 15.5. The number of rotatable bonds is 2. The van der Waals surface area contributed by atoms with Gasteiger partial charge in [0.05, 0.1) is 5.69 Å². The van der Waals surface area contributed by atoms with Crippen molar-refractivity contribution in [1.82, 2.24) is 4.98 Å². The first-order chi connectivity index (χ1) is 12.5. The third-order valence-electron chi connectivity index (χ3n) is 4.05. The molecule has 0 spiro atoms. The predicted octanol–water partition coefficient (Wildman–Crippen LogP) is 5.88. The molecule has 1 nitrogen and oxygen atoms in total. The van der Waals surface area contributed by atoms with Crippen LogP contribution in [0, 0.1) is 6.85 Å². The lowest BCUT2D eigenvalue weighted by Crippen LogP contribution is -1.90. The molecule has 1 aromatic heterocycles. The number of hydrogen-bond donors (Lipinski definition) is 0. The molecular formula is C22H17N. The first kappa shape index (κ1) is 10.7. The van der Waals surface area contributed by atoms with Gasteiger partial charge < -0.3 is 0 Å². The van der Waals surface area contributed by atoms with Crippen LogP contribution in [-0.2, 0) is 0 Å². The van der Waals surface area contributed by atoms with Crippen molar-refractivity contribution < 1.29 is 4.11 Å².